The molecule has 0 unspecified atom stereocenters. The van der Waals surface area contributed by atoms with Crippen molar-refractivity contribution in [3.8, 4) is 0 Å². The van der Waals surface area contributed by atoms with Gasteiger partial charge < -0.3 is 24.4 Å². The van der Waals surface area contributed by atoms with E-state index in [2.05, 4.69) is 10.3 Å². The van der Waals surface area contributed by atoms with E-state index in [4.69, 9.17) is 9.47 Å². The minimum absolute atomic E-state index is 0.0181. The van der Waals surface area contributed by atoms with Crippen LogP contribution in [0.25, 0.3) is 0 Å². The fourth-order valence-electron chi connectivity index (χ4n) is 3.27. The molecule has 0 radical (unpaired) electrons. The highest BCUT2D eigenvalue weighted by Gasteiger charge is 2.29. The van der Waals surface area contributed by atoms with Crippen molar-refractivity contribution in [1.82, 2.24) is 24.8 Å². The van der Waals surface area contributed by atoms with E-state index in [1.165, 1.54) is 4.90 Å². The van der Waals surface area contributed by atoms with E-state index in [0.29, 0.717) is 44.8 Å². The molecule has 3 atom stereocenters. The molecular weight excluding hydrogens is 378 g/mol. The topological polar surface area (TPSA) is 110 Å². The van der Waals surface area contributed by atoms with Crippen LogP contribution in [0.4, 0.5) is 4.79 Å². The highest BCUT2D eigenvalue weighted by molar-refractivity contribution is 5.76. The zero-order valence-corrected chi connectivity index (χ0v) is 17.8. The summed E-state index contributed by atoms with van der Waals surface area (Å²) in [6.07, 6.45) is 2.04. The van der Waals surface area contributed by atoms with Gasteiger partial charge in [-0.15, -0.1) is 5.10 Å². The van der Waals surface area contributed by atoms with Crippen LogP contribution in [-0.2, 0) is 27.4 Å². The number of fused-ring (bicyclic) bond motifs is 2. The van der Waals surface area contributed by atoms with E-state index in [9.17, 15) is 14.7 Å². The number of carbonyl (C=O) groups excluding carboxylic acids is 2. The van der Waals surface area contributed by atoms with Gasteiger partial charge in [-0.2, -0.15) is 0 Å². The quantitative estimate of drug-likeness (QED) is 0.766. The predicted molar refractivity (Wildman–Crippen MR) is 105 cm³/mol. The Bertz CT molecular complexity index is 667. The summed E-state index contributed by atoms with van der Waals surface area (Å²) in [7, 11) is 1.66. The monoisotopic (exact) mass is 411 g/mol. The summed E-state index contributed by atoms with van der Waals surface area (Å²) >= 11 is 0. The number of hydrogen-bond acceptors (Lipinski definition) is 7. The van der Waals surface area contributed by atoms with Gasteiger partial charge in [0.05, 0.1) is 44.7 Å². The molecule has 2 rings (SSSR count). The first kappa shape index (κ1) is 23.1. The van der Waals surface area contributed by atoms with Gasteiger partial charge in [0, 0.05) is 32.5 Å². The fraction of sp³-hybridized carbons (Fsp3) is 0.789. The van der Waals surface area contributed by atoms with Crippen LogP contribution in [0, 0.1) is 5.92 Å². The second-order valence-electron chi connectivity index (χ2n) is 7.56. The number of aromatic nitrogens is 3. The fourth-order valence-corrected chi connectivity index (χ4v) is 3.27. The van der Waals surface area contributed by atoms with Crippen molar-refractivity contribution in [2.75, 3.05) is 33.4 Å². The number of rotatable bonds is 5. The summed E-state index contributed by atoms with van der Waals surface area (Å²) in [5.74, 6) is -0.101. The molecule has 1 aromatic rings. The Labute approximate surface area is 171 Å². The molecule has 0 spiro atoms. The van der Waals surface area contributed by atoms with E-state index in [0.717, 1.165) is 0 Å². The number of aliphatic hydroxyl groups excluding tert-OH is 1. The van der Waals surface area contributed by atoms with E-state index >= 15 is 0 Å². The minimum atomic E-state index is -0.422. The largest absolute Gasteiger partial charge is 0.450 e. The highest BCUT2D eigenvalue weighted by atomic mass is 16.6. The predicted octanol–water partition coefficient (Wildman–Crippen LogP) is 0.891. The van der Waals surface area contributed by atoms with Crippen molar-refractivity contribution in [2.24, 2.45) is 5.92 Å². The summed E-state index contributed by atoms with van der Waals surface area (Å²) in [5.41, 5.74) is 0.701. The van der Waals surface area contributed by atoms with Crippen LogP contribution in [-0.4, -0.2) is 87.4 Å². The Kier molecular flexibility index (Phi) is 8.84. The van der Waals surface area contributed by atoms with Gasteiger partial charge in [0.1, 0.15) is 5.69 Å². The molecule has 29 heavy (non-hydrogen) atoms. The lowest BCUT2D eigenvalue weighted by Gasteiger charge is -2.35. The van der Waals surface area contributed by atoms with E-state index in [1.807, 2.05) is 20.0 Å². The average Bonchev–Trinajstić information content (AvgIpc) is 3.15. The maximum atomic E-state index is 12.8. The molecule has 1 aliphatic rings. The van der Waals surface area contributed by atoms with Crippen LogP contribution >= 0.6 is 0 Å². The number of amides is 2. The molecule has 1 aliphatic heterocycles. The Hall–Kier alpha value is -2.20. The molecule has 164 valence electrons. The van der Waals surface area contributed by atoms with Crippen LogP contribution < -0.4 is 0 Å². The summed E-state index contributed by atoms with van der Waals surface area (Å²) in [4.78, 5) is 28.0. The maximum absolute atomic E-state index is 12.8. The molecular formula is C19H33N5O5. The van der Waals surface area contributed by atoms with Crippen LogP contribution in [0.15, 0.2) is 6.20 Å². The lowest BCUT2D eigenvalue weighted by molar-refractivity contribution is -0.136. The molecule has 10 heteroatoms. The van der Waals surface area contributed by atoms with Crippen molar-refractivity contribution >= 4 is 12.0 Å². The van der Waals surface area contributed by atoms with Gasteiger partial charge >= 0.3 is 6.09 Å². The minimum Gasteiger partial charge on any atom is -0.450 e. The van der Waals surface area contributed by atoms with Gasteiger partial charge in [-0.05, 0) is 20.3 Å². The number of hydrogen-bond donors (Lipinski definition) is 1. The van der Waals surface area contributed by atoms with E-state index in [1.54, 1.807) is 23.6 Å². The van der Waals surface area contributed by atoms with Crippen molar-refractivity contribution in [2.45, 2.75) is 58.9 Å². The molecule has 1 N–H and O–H groups in total. The number of aryl methyl sites for hydroxylation is 1. The van der Waals surface area contributed by atoms with E-state index < -0.39 is 6.09 Å². The van der Waals surface area contributed by atoms with Gasteiger partial charge in [0.25, 0.3) is 0 Å². The highest BCUT2D eigenvalue weighted by Crippen LogP contribution is 2.17. The Morgan fingerprint density at radius 2 is 2.28 bits per heavy atom. The molecule has 0 saturated carbocycles. The molecule has 10 nitrogen and oxygen atoms in total. The Morgan fingerprint density at radius 1 is 1.52 bits per heavy atom. The average molecular weight is 412 g/mol. The first-order valence-corrected chi connectivity index (χ1v) is 10.1. The van der Waals surface area contributed by atoms with Crippen LogP contribution in [0.1, 0.15) is 39.3 Å². The van der Waals surface area contributed by atoms with Gasteiger partial charge in [-0.3, -0.25) is 9.48 Å². The van der Waals surface area contributed by atoms with Gasteiger partial charge in [-0.25, -0.2) is 4.79 Å². The number of nitrogens with zero attached hydrogens (tertiary/aromatic N) is 5. The Balaban J connectivity index is 2.21. The summed E-state index contributed by atoms with van der Waals surface area (Å²) in [6, 6.07) is -0.295. The van der Waals surface area contributed by atoms with Crippen molar-refractivity contribution in [3.05, 3.63) is 11.9 Å². The van der Waals surface area contributed by atoms with Gasteiger partial charge in [0.15, 0.2) is 0 Å². The maximum Gasteiger partial charge on any atom is 0.409 e. The van der Waals surface area contributed by atoms with Crippen LogP contribution in [0.3, 0.4) is 0 Å². The molecule has 0 fully saturated rings. The van der Waals surface area contributed by atoms with Crippen molar-refractivity contribution in [3.63, 3.8) is 0 Å². The van der Waals surface area contributed by atoms with Crippen LogP contribution in [0.2, 0.25) is 0 Å². The molecule has 2 amide bonds. The molecule has 1 aromatic heterocycles. The third-order valence-electron chi connectivity index (χ3n) is 5.08. The van der Waals surface area contributed by atoms with Crippen molar-refractivity contribution < 1.29 is 24.2 Å². The normalized spacial score (nSPS) is 22.2. The lowest BCUT2D eigenvalue weighted by atomic mass is 10.0. The first-order valence-electron chi connectivity index (χ1n) is 10.1. The van der Waals surface area contributed by atoms with Crippen LogP contribution in [0.5, 0.6) is 0 Å². The zero-order chi connectivity index (χ0) is 21.4. The van der Waals surface area contributed by atoms with Gasteiger partial charge in [-0.1, -0.05) is 12.1 Å². The summed E-state index contributed by atoms with van der Waals surface area (Å²) < 4.78 is 12.9. The first-order chi connectivity index (χ1) is 13.8. The number of aliphatic hydroxyl groups is 1. The second kappa shape index (κ2) is 11.1. The number of likely N-dealkylation sites (N-methyl/N-ethyl adjacent to an activating group) is 1. The number of ether oxygens (including phenoxy) is 2. The SMILES string of the molecule is CCOC(=O)N(C)C[C@@H]1OCc2cn(nn2)CCCC(=O)N([C@H](C)CO)C[C@@H]1C. The lowest BCUT2D eigenvalue weighted by Crippen LogP contribution is -2.47. The smallest absolute Gasteiger partial charge is 0.409 e. The molecule has 2 bridgehead atoms. The molecule has 0 aromatic carbocycles. The zero-order valence-electron chi connectivity index (χ0n) is 17.8. The summed E-state index contributed by atoms with van der Waals surface area (Å²) in [6.45, 7) is 7.32. The van der Waals surface area contributed by atoms with E-state index in [-0.39, 0.29) is 37.2 Å². The Morgan fingerprint density at radius 3 is 2.97 bits per heavy atom. The standard InChI is InChI=1S/C19H33N5O5/c1-5-28-19(27)22(4)11-17-14(2)9-24(15(3)12-25)18(26)7-6-8-23-10-16(13-29-17)20-21-23/h10,14-15,17,25H,5-9,11-13H2,1-4H3/t14-,15+,17-/m0/s1. The molecule has 0 aliphatic carbocycles. The van der Waals surface area contributed by atoms with Gasteiger partial charge in [0.2, 0.25) is 5.91 Å². The third-order valence-corrected chi connectivity index (χ3v) is 5.08. The van der Waals surface area contributed by atoms with Crippen molar-refractivity contribution in [1.29, 1.82) is 0 Å². The second-order valence-corrected chi connectivity index (χ2v) is 7.56. The number of carbonyl (C=O) groups is 2. The third kappa shape index (κ3) is 6.67. The molecule has 2 heterocycles. The molecule has 0 saturated heterocycles. The summed E-state index contributed by atoms with van der Waals surface area (Å²) in [5, 5.41) is 17.8.